The number of ketones is 1. The van der Waals surface area contributed by atoms with Gasteiger partial charge in [0.25, 0.3) is 0 Å². The van der Waals surface area contributed by atoms with E-state index in [0.717, 1.165) is 30.1 Å². The topological polar surface area (TPSA) is 35.5 Å². The van der Waals surface area contributed by atoms with Crippen molar-refractivity contribution in [3.05, 3.63) is 66.2 Å². The molecular weight excluding hydrogens is 391 g/mol. The Morgan fingerprint density at radius 3 is 2.50 bits per heavy atom. The molecule has 4 rings (SSSR count). The third-order valence-corrected chi connectivity index (χ3v) is 7.45. The molecule has 0 aliphatic carbocycles. The van der Waals surface area contributed by atoms with Gasteiger partial charge in [-0.1, -0.05) is 0 Å². The number of carbonyl (C=O) groups excluding carboxylic acids is 1. The third-order valence-electron chi connectivity index (χ3n) is 5.05. The number of hydrogen-bond acceptors (Lipinski definition) is 3. The van der Waals surface area contributed by atoms with E-state index in [4.69, 9.17) is 9.47 Å². The molecule has 0 bridgehead atoms. The van der Waals surface area contributed by atoms with Gasteiger partial charge in [0.2, 0.25) is 0 Å². The van der Waals surface area contributed by atoms with Gasteiger partial charge in [0.05, 0.1) is 0 Å². The van der Waals surface area contributed by atoms with Crippen molar-refractivity contribution < 1.29 is 14.3 Å². The molecule has 0 radical (unpaired) electrons. The van der Waals surface area contributed by atoms with Crippen LogP contribution in [0.4, 0.5) is 0 Å². The first-order valence-electron chi connectivity index (χ1n) is 9.33. The standard InChI is InChI=1S/C22H24O3Se/c23-18-14-21(17-8-3-1-4-9-17)25-22(15-18)13-7-10-19(24-22)16-26-20-11-5-2-6-12-20/h1-6,8-9,11-12,19,21H,7,10,13-16H2/t19-,21-,22-/m0/s1. The van der Waals surface area contributed by atoms with Gasteiger partial charge in [0.15, 0.2) is 0 Å². The minimum absolute atomic E-state index is 0.184. The Hall–Kier alpha value is -1.45. The van der Waals surface area contributed by atoms with Crippen LogP contribution in [-0.2, 0) is 14.3 Å². The summed E-state index contributed by atoms with van der Waals surface area (Å²) in [6.45, 7) is 0. The van der Waals surface area contributed by atoms with Gasteiger partial charge in [0.1, 0.15) is 0 Å². The molecule has 0 N–H and O–H groups in total. The second-order valence-electron chi connectivity index (χ2n) is 7.10. The van der Waals surface area contributed by atoms with Crippen LogP contribution in [0.2, 0.25) is 5.32 Å². The molecule has 3 atom stereocenters. The molecule has 0 amide bonds. The van der Waals surface area contributed by atoms with Crippen LogP contribution in [0.25, 0.3) is 0 Å². The number of ether oxygens (including phenoxy) is 2. The molecule has 2 heterocycles. The molecule has 26 heavy (non-hydrogen) atoms. The molecule has 1 spiro atoms. The number of carbonyl (C=O) groups is 1. The van der Waals surface area contributed by atoms with Gasteiger partial charge < -0.3 is 0 Å². The first-order valence-corrected chi connectivity index (χ1v) is 11.4. The summed E-state index contributed by atoms with van der Waals surface area (Å²) in [4.78, 5) is 12.5. The fraction of sp³-hybridized carbons (Fsp3) is 0.409. The van der Waals surface area contributed by atoms with E-state index in [2.05, 4.69) is 30.3 Å². The number of Topliss-reactive ketones (excluding diaryl/α,β-unsaturated/α-hetero) is 1. The molecule has 2 aliphatic rings. The van der Waals surface area contributed by atoms with Crippen molar-refractivity contribution in [2.45, 2.75) is 55.4 Å². The summed E-state index contributed by atoms with van der Waals surface area (Å²) in [5, 5.41) is 1.03. The SMILES string of the molecule is O=C1C[C@@H](c2ccccc2)O[C@@]2(CCC[C@@H](C[Se]c3ccccc3)O2)C1. The Labute approximate surface area is 161 Å². The zero-order valence-electron chi connectivity index (χ0n) is 14.8. The van der Waals surface area contributed by atoms with Crippen LogP contribution in [0.5, 0.6) is 0 Å². The van der Waals surface area contributed by atoms with Crippen LogP contribution in [-0.4, -0.2) is 32.6 Å². The maximum atomic E-state index is 12.5. The normalized spacial score (nSPS) is 29.0. The molecule has 2 aromatic carbocycles. The van der Waals surface area contributed by atoms with E-state index >= 15 is 0 Å². The van der Waals surface area contributed by atoms with E-state index in [-0.39, 0.29) is 18.0 Å². The van der Waals surface area contributed by atoms with E-state index < -0.39 is 5.79 Å². The second kappa shape index (κ2) is 8.06. The fourth-order valence-electron chi connectivity index (χ4n) is 3.84. The molecule has 0 aromatic heterocycles. The Bertz CT molecular complexity index is 734. The summed E-state index contributed by atoms with van der Waals surface area (Å²) >= 11 is 0.391. The summed E-state index contributed by atoms with van der Waals surface area (Å²) < 4.78 is 14.2. The Balaban J connectivity index is 1.43. The number of hydrogen-bond donors (Lipinski definition) is 0. The average Bonchev–Trinajstić information content (AvgIpc) is 2.67. The summed E-state index contributed by atoms with van der Waals surface area (Å²) in [6.07, 6.45) is 3.78. The van der Waals surface area contributed by atoms with Gasteiger partial charge >= 0.3 is 161 Å². The van der Waals surface area contributed by atoms with Crippen LogP contribution in [0.3, 0.4) is 0 Å². The van der Waals surface area contributed by atoms with E-state index in [1.807, 2.05) is 30.3 Å². The summed E-state index contributed by atoms with van der Waals surface area (Å²) in [7, 11) is 0. The molecule has 3 nitrogen and oxygen atoms in total. The molecule has 2 aromatic rings. The van der Waals surface area contributed by atoms with Crippen molar-refractivity contribution in [1.82, 2.24) is 0 Å². The van der Waals surface area contributed by atoms with Crippen molar-refractivity contribution in [2.24, 2.45) is 0 Å². The van der Waals surface area contributed by atoms with Crippen molar-refractivity contribution >= 4 is 25.2 Å². The Morgan fingerprint density at radius 1 is 1.00 bits per heavy atom. The van der Waals surface area contributed by atoms with Crippen LogP contribution >= 0.6 is 0 Å². The molecule has 136 valence electrons. The van der Waals surface area contributed by atoms with E-state index in [0.29, 0.717) is 27.8 Å². The van der Waals surface area contributed by atoms with Gasteiger partial charge in [-0.2, -0.15) is 0 Å². The second-order valence-corrected chi connectivity index (χ2v) is 9.40. The van der Waals surface area contributed by atoms with Crippen molar-refractivity contribution in [1.29, 1.82) is 0 Å². The monoisotopic (exact) mass is 416 g/mol. The molecule has 0 unspecified atom stereocenters. The Kier molecular flexibility index (Phi) is 5.56. The first-order chi connectivity index (χ1) is 12.7. The van der Waals surface area contributed by atoms with Crippen LogP contribution in [0.15, 0.2) is 60.7 Å². The zero-order chi connectivity index (χ0) is 17.8. The first kappa shape index (κ1) is 17.9. The van der Waals surface area contributed by atoms with E-state index in [1.54, 1.807) is 0 Å². The zero-order valence-corrected chi connectivity index (χ0v) is 16.5. The molecule has 4 heteroatoms. The summed E-state index contributed by atoms with van der Waals surface area (Å²) in [5.74, 6) is -0.467. The van der Waals surface area contributed by atoms with Crippen molar-refractivity contribution in [3.8, 4) is 0 Å². The predicted octanol–water partition coefficient (Wildman–Crippen LogP) is 3.82. The van der Waals surface area contributed by atoms with E-state index in [9.17, 15) is 4.79 Å². The van der Waals surface area contributed by atoms with Gasteiger partial charge in [-0.3, -0.25) is 0 Å². The number of rotatable bonds is 4. The van der Waals surface area contributed by atoms with Crippen molar-refractivity contribution in [3.63, 3.8) is 0 Å². The van der Waals surface area contributed by atoms with Crippen LogP contribution in [0.1, 0.15) is 43.8 Å². The fourth-order valence-corrected chi connectivity index (χ4v) is 5.86. The average molecular weight is 415 g/mol. The molecule has 2 saturated heterocycles. The van der Waals surface area contributed by atoms with E-state index in [1.165, 1.54) is 4.46 Å². The van der Waals surface area contributed by atoms with Gasteiger partial charge in [0, 0.05) is 0 Å². The number of benzene rings is 2. The van der Waals surface area contributed by atoms with Gasteiger partial charge in [-0.05, 0) is 0 Å². The van der Waals surface area contributed by atoms with Crippen molar-refractivity contribution in [2.75, 3.05) is 0 Å². The molecule has 2 aliphatic heterocycles. The van der Waals surface area contributed by atoms with Gasteiger partial charge in [-0.25, -0.2) is 0 Å². The molecule has 0 saturated carbocycles. The predicted molar refractivity (Wildman–Crippen MR) is 103 cm³/mol. The molecular formula is C22H24O3Se. The maximum absolute atomic E-state index is 12.5. The summed E-state index contributed by atoms with van der Waals surface area (Å²) in [5.41, 5.74) is 1.07. The van der Waals surface area contributed by atoms with Crippen LogP contribution < -0.4 is 4.46 Å². The Morgan fingerprint density at radius 2 is 1.73 bits per heavy atom. The summed E-state index contributed by atoms with van der Waals surface area (Å²) in [6, 6.07) is 20.7. The van der Waals surface area contributed by atoms with Gasteiger partial charge in [-0.15, -0.1) is 0 Å². The third kappa shape index (κ3) is 4.27. The molecule has 2 fully saturated rings. The quantitative estimate of drug-likeness (QED) is 0.713. The minimum atomic E-state index is -0.717. The van der Waals surface area contributed by atoms with Crippen LogP contribution in [0, 0.1) is 0 Å².